The van der Waals surface area contributed by atoms with Gasteiger partial charge in [0.25, 0.3) is 5.91 Å². The Labute approximate surface area is 203 Å². The monoisotopic (exact) mass is 498 g/mol. The zero-order valence-electron chi connectivity index (χ0n) is 18.4. The molecule has 7 nitrogen and oxygen atoms in total. The normalized spacial score (nSPS) is 16.3. The highest BCUT2D eigenvalue weighted by Crippen LogP contribution is 2.31. The maximum Gasteiger partial charge on any atom is 0.252 e. The molecule has 1 unspecified atom stereocenters. The van der Waals surface area contributed by atoms with E-state index in [4.69, 9.17) is 16.3 Å². The number of carbonyl (C=O) groups excluding carboxylic acids is 2. The number of hydrogen-bond donors (Lipinski definition) is 0. The standard InChI is InChI=1S/C25H23ClN2O5S/c1-2-33-21-12-10-20(11-13-21)28-24(29)16-23(25(28)30)27(17-18-6-4-3-5-7-18)34(31,32)22-14-8-19(26)9-15-22/h3-15,23H,2,16-17H2,1H3. The van der Waals surface area contributed by atoms with E-state index >= 15 is 0 Å². The van der Waals surface area contributed by atoms with Gasteiger partial charge in [-0.2, -0.15) is 4.31 Å². The first kappa shape index (κ1) is 23.9. The molecule has 1 saturated heterocycles. The minimum absolute atomic E-state index is 0.00685. The second kappa shape index (κ2) is 9.97. The third-order valence-corrected chi connectivity index (χ3v) is 7.60. The van der Waals surface area contributed by atoms with Crippen molar-refractivity contribution in [2.24, 2.45) is 0 Å². The van der Waals surface area contributed by atoms with Gasteiger partial charge in [-0.15, -0.1) is 0 Å². The van der Waals surface area contributed by atoms with Gasteiger partial charge < -0.3 is 4.74 Å². The van der Waals surface area contributed by atoms with Crippen LogP contribution in [-0.2, 0) is 26.2 Å². The van der Waals surface area contributed by atoms with Crippen molar-refractivity contribution < 1.29 is 22.7 Å². The summed E-state index contributed by atoms with van der Waals surface area (Å²) in [4.78, 5) is 27.4. The van der Waals surface area contributed by atoms with Gasteiger partial charge in [-0.05, 0) is 61.0 Å². The third kappa shape index (κ3) is 4.84. The van der Waals surface area contributed by atoms with Crippen LogP contribution < -0.4 is 9.64 Å². The second-order valence-corrected chi connectivity index (χ2v) is 10.0. The summed E-state index contributed by atoms with van der Waals surface area (Å²) < 4.78 is 33.8. The van der Waals surface area contributed by atoms with E-state index in [0.717, 1.165) is 9.21 Å². The molecule has 2 amide bonds. The summed E-state index contributed by atoms with van der Waals surface area (Å²) in [5, 5.41) is 0.391. The van der Waals surface area contributed by atoms with Gasteiger partial charge in [-0.25, -0.2) is 13.3 Å². The number of anilines is 1. The van der Waals surface area contributed by atoms with Gasteiger partial charge in [0.05, 0.1) is 23.6 Å². The van der Waals surface area contributed by atoms with Crippen LogP contribution in [0.4, 0.5) is 5.69 Å². The summed E-state index contributed by atoms with van der Waals surface area (Å²) in [5.74, 6) is -0.455. The van der Waals surface area contributed by atoms with E-state index in [1.54, 1.807) is 48.5 Å². The second-order valence-electron chi connectivity index (χ2n) is 7.70. The SMILES string of the molecule is CCOc1ccc(N2C(=O)CC(N(Cc3ccccc3)S(=O)(=O)c3ccc(Cl)cc3)C2=O)cc1. The van der Waals surface area contributed by atoms with Crippen molar-refractivity contribution >= 4 is 39.1 Å². The first-order chi connectivity index (χ1) is 16.3. The summed E-state index contributed by atoms with van der Waals surface area (Å²) in [7, 11) is -4.12. The maximum absolute atomic E-state index is 13.6. The predicted octanol–water partition coefficient (Wildman–Crippen LogP) is 4.26. The fraction of sp³-hybridized carbons (Fsp3) is 0.200. The molecule has 0 saturated carbocycles. The van der Waals surface area contributed by atoms with Crippen molar-refractivity contribution in [2.75, 3.05) is 11.5 Å². The highest BCUT2D eigenvalue weighted by molar-refractivity contribution is 7.89. The van der Waals surface area contributed by atoms with Gasteiger partial charge in [0.2, 0.25) is 15.9 Å². The Balaban J connectivity index is 1.70. The van der Waals surface area contributed by atoms with E-state index in [-0.39, 0.29) is 17.9 Å². The number of amides is 2. The van der Waals surface area contributed by atoms with Gasteiger partial charge in [-0.1, -0.05) is 41.9 Å². The molecule has 0 aliphatic carbocycles. The molecule has 1 aliphatic heterocycles. The fourth-order valence-corrected chi connectivity index (χ4v) is 5.53. The summed E-state index contributed by atoms with van der Waals surface area (Å²) in [6, 6.07) is 20.0. The summed E-state index contributed by atoms with van der Waals surface area (Å²) >= 11 is 5.94. The Morgan fingerprint density at radius 3 is 2.24 bits per heavy atom. The van der Waals surface area contributed by atoms with Crippen LogP contribution in [0.15, 0.2) is 83.8 Å². The highest BCUT2D eigenvalue weighted by Gasteiger charge is 2.47. The number of rotatable bonds is 8. The maximum atomic E-state index is 13.6. The van der Waals surface area contributed by atoms with Crippen LogP contribution in [0.5, 0.6) is 5.75 Å². The van der Waals surface area contributed by atoms with E-state index in [0.29, 0.717) is 28.6 Å². The Morgan fingerprint density at radius 1 is 0.971 bits per heavy atom. The summed E-state index contributed by atoms with van der Waals surface area (Å²) in [5.41, 5.74) is 1.06. The molecule has 34 heavy (non-hydrogen) atoms. The number of sulfonamides is 1. The van der Waals surface area contributed by atoms with Crippen molar-refractivity contribution in [3.63, 3.8) is 0 Å². The first-order valence-corrected chi connectivity index (χ1v) is 12.5. The molecule has 176 valence electrons. The number of imide groups is 1. The van der Waals surface area contributed by atoms with Crippen molar-refractivity contribution in [2.45, 2.75) is 30.8 Å². The number of hydrogen-bond acceptors (Lipinski definition) is 5. The fourth-order valence-electron chi connectivity index (χ4n) is 3.84. The lowest BCUT2D eigenvalue weighted by Gasteiger charge is -2.27. The lowest BCUT2D eigenvalue weighted by atomic mass is 10.2. The average Bonchev–Trinajstić information content (AvgIpc) is 3.12. The highest BCUT2D eigenvalue weighted by atomic mass is 35.5. The van der Waals surface area contributed by atoms with Gasteiger partial charge in [0.1, 0.15) is 11.8 Å². The van der Waals surface area contributed by atoms with Crippen LogP contribution in [0.2, 0.25) is 5.02 Å². The van der Waals surface area contributed by atoms with Crippen LogP contribution >= 0.6 is 11.6 Å². The van der Waals surface area contributed by atoms with E-state index in [1.807, 2.05) is 13.0 Å². The molecule has 0 N–H and O–H groups in total. The molecular formula is C25H23ClN2O5S. The number of benzene rings is 3. The predicted molar refractivity (Wildman–Crippen MR) is 129 cm³/mol. The molecule has 1 fully saturated rings. The molecule has 0 radical (unpaired) electrons. The smallest absolute Gasteiger partial charge is 0.252 e. The Kier molecular flexibility index (Phi) is 7.02. The van der Waals surface area contributed by atoms with Crippen LogP contribution in [0, 0.1) is 0 Å². The van der Waals surface area contributed by atoms with Crippen molar-refractivity contribution in [3.05, 3.63) is 89.4 Å². The van der Waals surface area contributed by atoms with Crippen LogP contribution in [0.1, 0.15) is 18.9 Å². The molecule has 1 heterocycles. The zero-order chi connectivity index (χ0) is 24.3. The van der Waals surface area contributed by atoms with Crippen LogP contribution in [0.25, 0.3) is 0 Å². The molecule has 0 spiro atoms. The molecule has 0 bridgehead atoms. The van der Waals surface area contributed by atoms with Gasteiger partial charge in [0, 0.05) is 11.6 Å². The van der Waals surface area contributed by atoms with Crippen molar-refractivity contribution in [1.82, 2.24) is 4.31 Å². The number of ether oxygens (including phenoxy) is 1. The third-order valence-electron chi connectivity index (χ3n) is 5.48. The topological polar surface area (TPSA) is 84.0 Å². The number of halogens is 1. The molecule has 9 heteroatoms. The van der Waals surface area contributed by atoms with E-state index < -0.39 is 27.9 Å². The molecule has 1 atom stereocenters. The van der Waals surface area contributed by atoms with Crippen LogP contribution in [-0.4, -0.2) is 37.2 Å². The Morgan fingerprint density at radius 2 is 1.62 bits per heavy atom. The Hall–Kier alpha value is -3.20. The van der Waals surface area contributed by atoms with Gasteiger partial charge in [0.15, 0.2) is 0 Å². The summed E-state index contributed by atoms with van der Waals surface area (Å²) in [6.07, 6.45) is -0.258. The minimum Gasteiger partial charge on any atom is -0.494 e. The van der Waals surface area contributed by atoms with Crippen molar-refractivity contribution in [1.29, 1.82) is 0 Å². The largest absolute Gasteiger partial charge is 0.494 e. The summed E-state index contributed by atoms with van der Waals surface area (Å²) in [6.45, 7) is 2.28. The quantitative estimate of drug-likeness (QED) is 0.433. The minimum atomic E-state index is -4.12. The van der Waals surface area contributed by atoms with E-state index in [2.05, 4.69) is 0 Å². The number of carbonyl (C=O) groups is 2. The van der Waals surface area contributed by atoms with E-state index in [9.17, 15) is 18.0 Å². The zero-order valence-corrected chi connectivity index (χ0v) is 20.0. The molecular weight excluding hydrogens is 476 g/mol. The molecule has 0 aromatic heterocycles. The van der Waals surface area contributed by atoms with Gasteiger partial charge >= 0.3 is 0 Å². The van der Waals surface area contributed by atoms with Crippen LogP contribution in [0.3, 0.4) is 0 Å². The van der Waals surface area contributed by atoms with Crippen molar-refractivity contribution in [3.8, 4) is 5.75 Å². The average molecular weight is 499 g/mol. The molecule has 3 aromatic carbocycles. The Bertz CT molecular complexity index is 1280. The lowest BCUT2D eigenvalue weighted by Crippen LogP contribution is -2.45. The van der Waals surface area contributed by atoms with E-state index in [1.165, 1.54) is 24.3 Å². The van der Waals surface area contributed by atoms with Gasteiger partial charge in [-0.3, -0.25) is 9.59 Å². The lowest BCUT2D eigenvalue weighted by molar-refractivity contribution is -0.122. The molecule has 4 rings (SSSR count). The first-order valence-electron chi connectivity index (χ1n) is 10.7. The molecule has 1 aliphatic rings. The number of nitrogens with zero attached hydrogens (tertiary/aromatic N) is 2. The molecule has 3 aromatic rings.